The van der Waals surface area contributed by atoms with Gasteiger partial charge in [-0.1, -0.05) is 0 Å². The molecule has 4 rings (SSSR count). The minimum absolute atomic E-state index is 0.217. The van der Waals surface area contributed by atoms with Gasteiger partial charge >= 0.3 is 0 Å². The zero-order chi connectivity index (χ0) is 43.8. The van der Waals surface area contributed by atoms with E-state index in [1.165, 1.54) is 0 Å². The van der Waals surface area contributed by atoms with Crippen molar-refractivity contribution < 1.29 is 130 Å². The molecular formula is C26H50ClN5O22S2. The number of rotatable bonds is 7. The SMILES string of the molecule is Cc1cc(C)[n+](CC2OC(OC3CC([NH3+])C(N)C(OC4OC(CO)C(O)C(N)C4O)C3O)C([NH3+])C(O)C2O)c(C)c1.O=S(=O)([O-])O.O=S(=O)([O-])O.[O-][Cl+3]([O-])([O-])[O-]. The van der Waals surface area contributed by atoms with Gasteiger partial charge in [-0.05, 0) is 12.5 Å². The standard InChI is InChI=1S/C26H46N5O10.ClHO4.2H2O4S/c1-9-4-10(2)31(11(3)5-9)7-14-20(34)22(36)18(30)25(39-14)38-13-6-12(27)16(28)24(21(13)35)41-26-23(37)17(29)19(33)15(8-32)40-26;2-1(3,4)5;2*1-5(2,3)4/h4-5,12-26,32-37H,6-8,27-30H2,1-3H3;(H,2,3,4,5);2*(H2,1,2,3,4)/q+1;;;/p-1. The van der Waals surface area contributed by atoms with Gasteiger partial charge in [0, 0.05) is 32.4 Å². The highest BCUT2D eigenvalue weighted by molar-refractivity contribution is 7.80. The van der Waals surface area contributed by atoms with Crippen molar-refractivity contribution in [3.05, 3.63) is 29.1 Å². The van der Waals surface area contributed by atoms with Gasteiger partial charge in [-0.15, -0.1) is 10.2 Å². The summed E-state index contributed by atoms with van der Waals surface area (Å²) in [4.78, 5) is 0. The topological polar surface area (TPSA) is 517 Å². The Balaban J connectivity index is 0.000000887. The van der Waals surface area contributed by atoms with Crippen molar-refractivity contribution in [2.75, 3.05) is 6.61 Å². The molecule has 3 fully saturated rings. The zero-order valence-electron chi connectivity index (χ0n) is 29.9. The number of hydrogen-bond donors (Lipinski definition) is 12. The molecule has 0 spiro atoms. The molecule has 330 valence electrons. The van der Waals surface area contributed by atoms with Gasteiger partial charge in [-0.2, -0.15) is 4.57 Å². The minimum Gasteiger partial charge on any atom is -0.726 e. The Hall–Kier alpha value is -1.54. The molecule has 3 aliphatic rings. The first-order valence-corrected chi connectivity index (χ1v) is 20.0. The summed E-state index contributed by atoms with van der Waals surface area (Å²) in [6, 6.07) is 0.713. The Bertz CT molecular complexity index is 1520. The molecule has 0 bridgehead atoms. The Labute approximate surface area is 322 Å². The van der Waals surface area contributed by atoms with Gasteiger partial charge < -0.3 is 81.6 Å². The van der Waals surface area contributed by atoms with Gasteiger partial charge in [0.1, 0.15) is 54.9 Å². The lowest BCUT2D eigenvalue weighted by atomic mass is 9.84. The number of pyridine rings is 1. The van der Waals surface area contributed by atoms with Crippen molar-refractivity contribution >= 4 is 20.8 Å². The molecule has 2 aliphatic heterocycles. The van der Waals surface area contributed by atoms with Crippen LogP contribution in [0.5, 0.6) is 0 Å². The molecule has 27 nitrogen and oxygen atoms in total. The maximum Gasteiger partial charge on any atom is 0.215 e. The van der Waals surface area contributed by atoms with E-state index >= 15 is 0 Å². The van der Waals surface area contributed by atoms with Gasteiger partial charge in [0.25, 0.3) is 0 Å². The first-order chi connectivity index (χ1) is 25.2. The Kier molecular flexibility index (Phi) is 20.3. The Morgan fingerprint density at radius 3 is 1.68 bits per heavy atom. The van der Waals surface area contributed by atoms with E-state index in [0.717, 1.165) is 17.0 Å². The lowest BCUT2D eigenvalue weighted by molar-refractivity contribution is -2.00. The van der Waals surface area contributed by atoms with Crippen LogP contribution in [-0.4, -0.2) is 164 Å². The van der Waals surface area contributed by atoms with E-state index in [9.17, 15) is 30.6 Å². The fourth-order valence-corrected chi connectivity index (χ4v) is 6.04. The lowest BCUT2D eigenvalue weighted by Crippen LogP contribution is -2.80. The third-order valence-electron chi connectivity index (χ3n) is 8.63. The number of hydrogen-bond acceptors (Lipinski definition) is 22. The fourth-order valence-electron chi connectivity index (χ4n) is 6.04. The lowest BCUT2D eigenvalue weighted by Gasteiger charge is -2.46. The number of nitrogens with two attached hydrogens (primary N) is 2. The highest BCUT2D eigenvalue weighted by Crippen LogP contribution is 2.30. The number of aryl methyl sites for hydroxylation is 3. The van der Waals surface area contributed by atoms with Crippen LogP contribution in [0, 0.1) is 31.0 Å². The van der Waals surface area contributed by atoms with Crippen molar-refractivity contribution in [1.82, 2.24) is 0 Å². The molecule has 1 saturated carbocycles. The van der Waals surface area contributed by atoms with E-state index in [2.05, 4.69) is 11.5 Å². The Morgan fingerprint density at radius 2 is 1.23 bits per heavy atom. The molecular weight excluding hydrogens is 834 g/mol. The summed E-state index contributed by atoms with van der Waals surface area (Å²) in [5, 5.41) is 63.2. The van der Waals surface area contributed by atoms with Gasteiger partial charge in [-0.3, -0.25) is 9.11 Å². The van der Waals surface area contributed by atoms with E-state index < -0.39 is 129 Å². The summed E-state index contributed by atoms with van der Waals surface area (Å²) in [6.07, 6.45) is -12.9. The summed E-state index contributed by atoms with van der Waals surface area (Å²) in [5.74, 6) is 0. The number of aliphatic hydroxyl groups is 6. The predicted molar refractivity (Wildman–Crippen MR) is 164 cm³/mol. The maximum atomic E-state index is 11.3. The first-order valence-electron chi connectivity index (χ1n) is 16.0. The van der Waals surface area contributed by atoms with Crippen LogP contribution < -0.4 is 46.1 Å². The van der Waals surface area contributed by atoms with Crippen LogP contribution >= 0.6 is 0 Å². The van der Waals surface area contributed by atoms with Crippen LogP contribution in [0.25, 0.3) is 0 Å². The number of aliphatic hydroxyl groups excluding tert-OH is 6. The number of quaternary nitrogens is 2. The molecule has 1 aliphatic carbocycles. The average molecular weight is 884 g/mol. The largest absolute Gasteiger partial charge is 0.726 e. The van der Waals surface area contributed by atoms with Gasteiger partial charge in [-0.25, -0.2) is 35.5 Å². The van der Waals surface area contributed by atoms with Crippen LogP contribution in [0.15, 0.2) is 12.1 Å². The summed E-state index contributed by atoms with van der Waals surface area (Å²) in [5.41, 5.74) is 23.2. The van der Waals surface area contributed by atoms with Crippen LogP contribution in [0.4, 0.5) is 0 Å². The van der Waals surface area contributed by atoms with E-state index in [4.69, 9.17) is 84.1 Å². The number of ether oxygens (including phenoxy) is 4. The van der Waals surface area contributed by atoms with E-state index in [0.29, 0.717) is 0 Å². The van der Waals surface area contributed by atoms with Crippen molar-refractivity contribution in [3.63, 3.8) is 0 Å². The summed E-state index contributed by atoms with van der Waals surface area (Å²) < 4.78 is 125. The highest BCUT2D eigenvalue weighted by atomic mass is 35.7. The second-order valence-electron chi connectivity index (χ2n) is 13.0. The van der Waals surface area contributed by atoms with Crippen LogP contribution in [0.3, 0.4) is 0 Å². The molecule has 15 atom stereocenters. The third kappa shape index (κ3) is 17.8. The van der Waals surface area contributed by atoms with Crippen LogP contribution in [-0.2, 0) is 46.3 Å². The zero-order valence-corrected chi connectivity index (χ0v) is 32.3. The summed E-state index contributed by atoms with van der Waals surface area (Å²) >= 11 is 0. The van der Waals surface area contributed by atoms with Gasteiger partial charge in [0.2, 0.25) is 27.1 Å². The molecule has 15 unspecified atom stereocenters. The van der Waals surface area contributed by atoms with E-state index in [1.807, 2.05) is 37.5 Å². The van der Waals surface area contributed by atoms with Crippen molar-refractivity contribution in [3.8, 4) is 0 Å². The molecule has 0 aromatic carbocycles. The molecule has 2 saturated heterocycles. The monoisotopic (exact) mass is 883 g/mol. The predicted octanol–water partition coefficient (Wildman–Crippen LogP) is -13.6. The molecule has 30 heteroatoms. The number of aromatic nitrogens is 1. The van der Waals surface area contributed by atoms with E-state index in [1.54, 1.807) is 0 Å². The Morgan fingerprint density at radius 1 is 0.786 bits per heavy atom. The quantitative estimate of drug-likeness (QED) is 0.0687. The third-order valence-corrected chi connectivity index (χ3v) is 8.63. The first kappa shape index (κ1) is 52.5. The fraction of sp³-hybridized carbons (Fsp3) is 0.808. The van der Waals surface area contributed by atoms with Crippen molar-refractivity contribution in [2.24, 2.45) is 11.5 Å². The molecule has 3 heterocycles. The van der Waals surface area contributed by atoms with Gasteiger partial charge in [0.05, 0.1) is 24.8 Å². The normalized spacial score (nSPS) is 36.5. The minimum atomic E-state index is -4.94. The van der Waals surface area contributed by atoms with Crippen LogP contribution in [0.1, 0.15) is 23.4 Å². The summed E-state index contributed by atoms with van der Waals surface area (Å²) in [6.45, 7) is 5.57. The molecule has 1 aromatic rings. The molecule has 0 amide bonds. The number of halogens is 1. The molecule has 56 heavy (non-hydrogen) atoms. The molecule has 18 N–H and O–H groups in total. The molecule has 0 radical (unpaired) electrons. The van der Waals surface area contributed by atoms with Crippen molar-refractivity contribution in [2.45, 2.75) is 125 Å². The van der Waals surface area contributed by atoms with Crippen molar-refractivity contribution in [1.29, 1.82) is 0 Å². The maximum absolute atomic E-state index is 11.3. The summed E-state index contributed by atoms with van der Waals surface area (Å²) in [7, 11) is -14.8. The van der Waals surface area contributed by atoms with Crippen LogP contribution in [0.2, 0.25) is 0 Å². The molecule has 1 aromatic heterocycles. The van der Waals surface area contributed by atoms with E-state index in [-0.39, 0.29) is 13.0 Å². The second-order valence-corrected chi connectivity index (χ2v) is 15.4. The van der Waals surface area contributed by atoms with Gasteiger partial charge in [0.15, 0.2) is 30.3 Å². The smallest absolute Gasteiger partial charge is 0.215 e. The highest BCUT2D eigenvalue weighted by Gasteiger charge is 2.53. The number of nitrogens with zero attached hydrogens (tertiary/aromatic N) is 1. The second kappa shape index (κ2) is 21.6. The average Bonchev–Trinajstić information content (AvgIpc) is 3.01.